The van der Waals surface area contributed by atoms with Gasteiger partial charge >= 0.3 is 0 Å². The van der Waals surface area contributed by atoms with Gasteiger partial charge in [-0.25, -0.2) is 0 Å². The number of carbonyl (C=O) groups is 1. The van der Waals surface area contributed by atoms with E-state index in [2.05, 4.69) is 5.32 Å². The molecule has 3 rings (SSSR count). The smallest absolute Gasteiger partial charge is 0.259 e. The van der Waals surface area contributed by atoms with Crippen LogP contribution in [0.15, 0.2) is 36.4 Å². The molecule has 25 heavy (non-hydrogen) atoms. The topological polar surface area (TPSA) is 73.6 Å². The maximum Gasteiger partial charge on any atom is 0.259 e. The first-order valence-corrected chi connectivity index (χ1v) is 8.12. The van der Waals surface area contributed by atoms with Gasteiger partial charge in [0, 0.05) is 11.8 Å². The number of hydrogen-bond donors (Lipinski definition) is 2. The largest absolute Gasteiger partial charge is 0.496 e. The van der Waals surface area contributed by atoms with Gasteiger partial charge in [0.1, 0.15) is 11.5 Å². The molecule has 0 atom stereocenters. The van der Waals surface area contributed by atoms with E-state index in [4.69, 9.17) is 26.8 Å². The van der Waals surface area contributed by atoms with Crippen LogP contribution in [0.1, 0.15) is 23.2 Å². The molecular formula is C18H20Cl2N2O3. The minimum atomic E-state index is -0.319. The number of nitrogens with one attached hydrogen (secondary N) is 1. The number of anilines is 2. The van der Waals surface area contributed by atoms with Crippen LogP contribution in [-0.2, 0) is 0 Å². The molecule has 7 heteroatoms. The van der Waals surface area contributed by atoms with Crippen LogP contribution < -0.4 is 20.5 Å². The summed E-state index contributed by atoms with van der Waals surface area (Å²) in [6.07, 6.45) is 2.50. The van der Waals surface area contributed by atoms with Crippen molar-refractivity contribution in [1.29, 1.82) is 0 Å². The Morgan fingerprint density at radius 2 is 1.96 bits per heavy atom. The van der Waals surface area contributed by atoms with Gasteiger partial charge in [0.15, 0.2) is 0 Å². The fraction of sp³-hybridized carbons (Fsp3) is 0.278. The van der Waals surface area contributed by atoms with Crippen molar-refractivity contribution < 1.29 is 14.3 Å². The molecule has 0 bridgehead atoms. The lowest BCUT2D eigenvalue weighted by Gasteiger charge is -2.12. The molecule has 1 fully saturated rings. The molecule has 1 aliphatic rings. The maximum atomic E-state index is 12.4. The Labute approximate surface area is 157 Å². The van der Waals surface area contributed by atoms with E-state index in [1.807, 2.05) is 12.1 Å². The van der Waals surface area contributed by atoms with Crippen molar-refractivity contribution in [3.63, 3.8) is 0 Å². The first kappa shape index (κ1) is 19.2. The number of nitrogen functional groups attached to an aromatic ring is 1. The van der Waals surface area contributed by atoms with Crippen molar-refractivity contribution >= 4 is 41.3 Å². The minimum Gasteiger partial charge on any atom is -0.496 e. The average molecular weight is 383 g/mol. The summed E-state index contributed by atoms with van der Waals surface area (Å²) in [5.41, 5.74) is 7.08. The van der Waals surface area contributed by atoms with Crippen LogP contribution >= 0.6 is 24.0 Å². The molecule has 134 valence electrons. The third-order valence-corrected chi connectivity index (χ3v) is 4.19. The predicted octanol–water partition coefficient (Wildman–Crippen LogP) is 4.39. The van der Waals surface area contributed by atoms with Crippen molar-refractivity contribution in [3.05, 3.63) is 47.0 Å². The third-order valence-electron chi connectivity index (χ3n) is 3.86. The molecule has 0 heterocycles. The molecular weight excluding hydrogens is 363 g/mol. The summed E-state index contributed by atoms with van der Waals surface area (Å²) in [7, 11) is 1.48. The van der Waals surface area contributed by atoms with Gasteiger partial charge in [0.25, 0.3) is 5.91 Å². The molecule has 0 aromatic heterocycles. The number of ether oxygens (including phenoxy) is 2. The number of carbonyl (C=O) groups excluding carboxylic acids is 1. The Kier molecular flexibility index (Phi) is 6.39. The average Bonchev–Trinajstić information content (AvgIpc) is 3.40. The fourth-order valence-electron chi connectivity index (χ4n) is 2.25. The normalized spacial score (nSPS) is 12.9. The zero-order chi connectivity index (χ0) is 17.1. The van der Waals surface area contributed by atoms with Crippen LogP contribution in [0.5, 0.6) is 11.5 Å². The lowest BCUT2D eigenvalue weighted by Crippen LogP contribution is -2.13. The quantitative estimate of drug-likeness (QED) is 0.726. The Balaban J connectivity index is 0.00000225. The van der Waals surface area contributed by atoms with E-state index in [0.29, 0.717) is 33.6 Å². The molecule has 3 N–H and O–H groups in total. The summed E-state index contributed by atoms with van der Waals surface area (Å²) >= 11 is 6.00. The molecule has 0 unspecified atom stereocenters. The van der Waals surface area contributed by atoms with E-state index in [9.17, 15) is 4.79 Å². The number of hydrogen-bond acceptors (Lipinski definition) is 4. The van der Waals surface area contributed by atoms with Crippen LogP contribution in [0, 0.1) is 5.92 Å². The van der Waals surface area contributed by atoms with Gasteiger partial charge in [0.05, 0.1) is 30.0 Å². The SMILES string of the molecule is COc1cc(N)c(Cl)cc1C(=O)Nc1ccc(OCC2CC2)cc1.Cl. The van der Waals surface area contributed by atoms with Crippen molar-refractivity contribution in [2.75, 3.05) is 24.8 Å². The molecule has 2 aromatic rings. The molecule has 2 aromatic carbocycles. The maximum absolute atomic E-state index is 12.4. The zero-order valence-corrected chi connectivity index (χ0v) is 15.3. The van der Waals surface area contributed by atoms with Crippen molar-refractivity contribution in [2.24, 2.45) is 5.92 Å². The highest BCUT2D eigenvalue weighted by molar-refractivity contribution is 6.33. The van der Waals surface area contributed by atoms with Gasteiger partial charge < -0.3 is 20.5 Å². The van der Waals surface area contributed by atoms with E-state index < -0.39 is 0 Å². The fourth-order valence-corrected chi connectivity index (χ4v) is 2.41. The first-order valence-electron chi connectivity index (χ1n) is 7.74. The molecule has 1 saturated carbocycles. The number of rotatable bonds is 6. The second-order valence-electron chi connectivity index (χ2n) is 5.81. The van der Waals surface area contributed by atoms with Crippen molar-refractivity contribution in [3.8, 4) is 11.5 Å². The highest BCUT2D eigenvalue weighted by Crippen LogP contribution is 2.31. The molecule has 1 aliphatic carbocycles. The van der Waals surface area contributed by atoms with Crippen LogP contribution in [-0.4, -0.2) is 19.6 Å². The van der Waals surface area contributed by atoms with Crippen molar-refractivity contribution in [1.82, 2.24) is 0 Å². The van der Waals surface area contributed by atoms with Crippen molar-refractivity contribution in [2.45, 2.75) is 12.8 Å². The summed E-state index contributed by atoms with van der Waals surface area (Å²) in [5, 5.41) is 3.12. The molecule has 0 spiro atoms. The first-order chi connectivity index (χ1) is 11.6. The second kappa shape index (κ2) is 8.32. The van der Waals surface area contributed by atoms with Crippen LogP contribution in [0.3, 0.4) is 0 Å². The van der Waals surface area contributed by atoms with Gasteiger partial charge in [-0.05, 0) is 49.1 Å². The summed E-state index contributed by atoms with van der Waals surface area (Å²) in [6.45, 7) is 0.757. The lowest BCUT2D eigenvalue weighted by molar-refractivity contribution is 0.102. The number of amides is 1. The third kappa shape index (κ3) is 4.94. The molecule has 5 nitrogen and oxygen atoms in total. The highest BCUT2D eigenvalue weighted by atomic mass is 35.5. The van der Waals surface area contributed by atoms with Crippen LogP contribution in [0.2, 0.25) is 5.02 Å². The summed E-state index contributed by atoms with van der Waals surface area (Å²) in [4.78, 5) is 12.4. The van der Waals surface area contributed by atoms with E-state index >= 15 is 0 Å². The van der Waals surface area contributed by atoms with Gasteiger partial charge in [0.2, 0.25) is 0 Å². The Morgan fingerprint density at radius 3 is 2.56 bits per heavy atom. The van der Waals surface area contributed by atoms with E-state index in [0.717, 1.165) is 12.4 Å². The second-order valence-corrected chi connectivity index (χ2v) is 6.21. The van der Waals surface area contributed by atoms with Gasteiger partial charge in [-0.1, -0.05) is 11.6 Å². The monoisotopic (exact) mass is 382 g/mol. The lowest BCUT2D eigenvalue weighted by atomic mass is 10.1. The van der Waals surface area contributed by atoms with E-state index in [1.54, 1.807) is 12.1 Å². The van der Waals surface area contributed by atoms with Crippen LogP contribution in [0.25, 0.3) is 0 Å². The Hall–Kier alpha value is -2.11. The van der Waals surface area contributed by atoms with Gasteiger partial charge in [-0.3, -0.25) is 4.79 Å². The molecule has 1 amide bonds. The van der Waals surface area contributed by atoms with Crippen LogP contribution in [0.4, 0.5) is 11.4 Å². The zero-order valence-electron chi connectivity index (χ0n) is 13.8. The minimum absolute atomic E-state index is 0. The number of benzene rings is 2. The summed E-state index contributed by atoms with van der Waals surface area (Å²) in [5.74, 6) is 1.55. The Morgan fingerprint density at radius 1 is 1.28 bits per heavy atom. The molecule has 0 saturated heterocycles. The van der Waals surface area contributed by atoms with E-state index in [1.165, 1.54) is 32.1 Å². The van der Waals surface area contributed by atoms with E-state index in [-0.39, 0.29) is 18.3 Å². The van der Waals surface area contributed by atoms with Gasteiger partial charge in [-0.2, -0.15) is 0 Å². The highest BCUT2D eigenvalue weighted by Gasteiger charge is 2.21. The molecule has 0 radical (unpaired) electrons. The van der Waals surface area contributed by atoms with Gasteiger partial charge in [-0.15, -0.1) is 12.4 Å². The summed E-state index contributed by atoms with van der Waals surface area (Å²) < 4.78 is 10.9. The standard InChI is InChI=1S/C18H19ClN2O3.ClH/c1-23-17-9-16(20)15(19)8-14(17)18(22)21-12-4-6-13(7-5-12)24-10-11-2-3-11;/h4-9,11H,2-3,10,20H2,1H3,(H,21,22);1H. The Bertz CT molecular complexity index is 747. The predicted molar refractivity (Wildman–Crippen MR) is 102 cm³/mol. The summed E-state index contributed by atoms with van der Waals surface area (Å²) in [6, 6.07) is 10.3. The number of halogens is 2. The number of methoxy groups -OCH3 is 1. The number of nitrogens with two attached hydrogens (primary N) is 1. The molecule has 0 aliphatic heterocycles.